The molecule has 7 nitrogen and oxygen atoms in total. The first-order valence-corrected chi connectivity index (χ1v) is 10.0. The fraction of sp³-hybridized carbons (Fsp3) is 0.211. The summed E-state index contributed by atoms with van der Waals surface area (Å²) in [4.78, 5) is 12.1. The van der Waals surface area contributed by atoms with Crippen LogP contribution in [0.1, 0.15) is 12.5 Å². The molecule has 0 atom stereocenters. The Bertz CT molecular complexity index is 894. The third kappa shape index (κ3) is 7.46. The van der Waals surface area contributed by atoms with Gasteiger partial charge >= 0.3 is 0 Å². The van der Waals surface area contributed by atoms with Crippen molar-refractivity contribution in [3.05, 3.63) is 51.3 Å². The highest BCUT2D eigenvalue weighted by Crippen LogP contribution is 2.33. The first-order valence-electron chi connectivity index (χ1n) is 8.55. The number of rotatable bonds is 8. The van der Waals surface area contributed by atoms with Crippen molar-refractivity contribution >= 4 is 57.7 Å². The van der Waals surface area contributed by atoms with Gasteiger partial charge in [-0.2, -0.15) is 5.10 Å². The molecule has 29 heavy (non-hydrogen) atoms. The van der Waals surface area contributed by atoms with Crippen LogP contribution < -0.4 is 25.5 Å². The van der Waals surface area contributed by atoms with E-state index in [9.17, 15) is 9.18 Å². The summed E-state index contributed by atoms with van der Waals surface area (Å²) in [5, 5.41) is 10.1. The average Bonchev–Trinajstić information content (AvgIpc) is 2.68. The topological polar surface area (TPSA) is 84.0 Å². The standard InChI is InChI=1S/C19H20FIN4O3S/c1-3-22-19(29)25-23-10-12-8-15(21)18(16(9-12)27-2)28-11-17(26)24-14-6-4-13(20)5-7-14/h4-10H,3,11H2,1-2H3,(H,24,26)(H2,22,25,29)/b23-10-. The molecule has 0 bridgehead atoms. The summed E-state index contributed by atoms with van der Waals surface area (Å²) in [5.74, 6) is 0.153. The van der Waals surface area contributed by atoms with Crippen LogP contribution in [0, 0.1) is 9.39 Å². The molecule has 0 unspecified atom stereocenters. The van der Waals surface area contributed by atoms with Crippen LogP contribution in [0.4, 0.5) is 10.1 Å². The Hall–Kier alpha value is -2.47. The molecule has 0 fully saturated rings. The zero-order valence-corrected chi connectivity index (χ0v) is 18.8. The first-order chi connectivity index (χ1) is 13.9. The van der Waals surface area contributed by atoms with Gasteiger partial charge in [0.05, 0.1) is 16.9 Å². The Morgan fingerprint density at radius 3 is 2.69 bits per heavy atom. The minimum atomic E-state index is -0.374. The van der Waals surface area contributed by atoms with Gasteiger partial charge in [0.25, 0.3) is 5.91 Å². The van der Waals surface area contributed by atoms with E-state index in [-0.39, 0.29) is 18.3 Å². The number of carbonyl (C=O) groups excluding carboxylic acids is 1. The molecule has 0 aliphatic heterocycles. The minimum Gasteiger partial charge on any atom is -0.493 e. The first kappa shape index (κ1) is 22.8. The molecule has 0 saturated heterocycles. The molecule has 1 amide bonds. The van der Waals surface area contributed by atoms with Gasteiger partial charge in [-0.25, -0.2) is 4.39 Å². The maximum atomic E-state index is 12.9. The fourth-order valence-corrected chi connectivity index (χ4v) is 3.17. The van der Waals surface area contributed by atoms with Gasteiger partial charge in [-0.15, -0.1) is 0 Å². The predicted molar refractivity (Wildman–Crippen MR) is 123 cm³/mol. The molecule has 0 saturated carbocycles. The number of thiocarbonyl (C=S) groups is 1. The van der Waals surface area contributed by atoms with Crippen molar-refractivity contribution in [2.75, 3.05) is 25.6 Å². The summed E-state index contributed by atoms with van der Waals surface area (Å²) in [6.07, 6.45) is 1.60. The van der Waals surface area contributed by atoms with Crippen molar-refractivity contribution in [2.24, 2.45) is 5.10 Å². The van der Waals surface area contributed by atoms with E-state index in [0.29, 0.717) is 28.8 Å². The van der Waals surface area contributed by atoms with Crippen molar-refractivity contribution in [3.63, 3.8) is 0 Å². The molecule has 10 heteroatoms. The molecule has 0 radical (unpaired) electrons. The number of hydrogen-bond acceptors (Lipinski definition) is 5. The number of hydrazone groups is 1. The van der Waals surface area contributed by atoms with E-state index in [1.807, 2.05) is 13.0 Å². The Labute approximate surface area is 187 Å². The highest BCUT2D eigenvalue weighted by Gasteiger charge is 2.13. The normalized spacial score (nSPS) is 10.5. The van der Waals surface area contributed by atoms with Crippen molar-refractivity contribution in [2.45, 2.75) is 6.92 Å². The van der Waals surface area contributed by atoms with Gasteiger partial charge in [-0.1, -0.05) is 0 Å². The van der Waals surface area contributed by atoms with Gasteiger partial charge in [0.2, 0.25) is 0 Å². The second-order valence-electron chi connectivity index (χ2n) is 5.61. The number of anilines is 1. The molecule has 2 aromatic rings. The van der Waals surface area contributed by atoms with Crippen LogP contribution in [-0.4, -0.2) is 37.5 Å². The zero-order valence-electron chi connectivity index (χ0n) is 15.8. The van der Waals surface area contributed by atoms with Crippen LogP contribution in [0.5, 0.6) is 11.5 Å². The van der Waals surface area contributed by atoms with Crippen LogP contribution in [0.2, 0.25) is 0 Å². The average molecular weight is 530 g/mol. The van der Waals surface area contributed by atoms with Crippen molar-refractivity contribution < 1.29 is 18.7 Å². The third-order valence-corrected chi connectivity index (χ3v) is 4.48. The molecule has 2 rings (SSSR count). The number of methoxy groups -OCH3 is 1. The molecule has 3 N–H and O–H groups in total. The quantitative estimate of drug-likeness (QED) is 0.210. The largest absolute Gasteiger partial charge is 0.493 e. The molecule has 0 aliphatic rings. The van der Waals surface area contributed by atoms with E-state index in [2.05, 4.69) is 43.8 Å². The second kappa shape index (κ2) is 11.5. The number of benzene rings is 2. The van der Waals surface area contributed by atoms with Crippen molar-refractivity contribution in [1.82, 2.24) is 10.7 Å². The summed E-state index contributed by atoms with van der Waals surface area (Å²) in [5.41, 5.74) is 3.96. The van der Waals surface area contributed by atoms with E-state index in [4.69, 9.17) is 21.7 Å². The predicted octanol–water partition coefficient (Wildman–Crippen LogP) is 3.27. The number of nitrogens with one attached hydrogen (secondary N) is 3. The summed E-state index contributed by atoms with van der Waals surface area (Å²) >= 11 is 7.13. The van der Waals surface area contributed by atoms with E-state index >= 15 is 0 Å². The summed E-state index contributed by atoms with van der Waals surface area (Å²) in [6, 6.07) is 9.04. The molecule has 0 aliphatic carbocycles. The van der Waals surface area contributed by atoms with Crippen LogP contribution in [0.15, 0.2) is 41.5 Å². The Morgan fingerprint density at radius 1 is 1.31 bits per heavy atom. The lowest BCUT2D eigenvalue weighted by Crippen LogP contribution is -2.31. The van der Waals surface area contributed by atoms with Gasteiger partial charge in [0.15, 0.2) is 23.2 Å². The minimum absolute atomic E-state index is 0.227. The van der Waals surface area contributed by atoms with Gasteiger partial charge in [-0.05, 0) is 83.7 Å². The molecular weight excluding hydrogens is 510 g/mol. The maximum Gasteiger partial charge on any atom is 0.262 e. The van der Waals surface area contributed by atoms with Crippen molar-refractivity contribution in [3.8, 4) is 11.5 Å². The Morgan fingerprint density at radius 2 is 2.03 bits per heavy atom. The van der Waals surface area contributed by atoms with E-state index in [1.165, 1.54) is 31.4 Å². The highest BCUT2D eigenvalue weighted by atomic mass is 127. The van der Waals surface area contributed by atoms with Gasteiger partial charge in [0, 0.05) is 12.2 Å². The summed E-state index contributed by atoms with van der Waals surface area (Å²) in [6.45, 7) is 2.41. The Kier molecular flexibility index (Phi) is 9.06. The SMILES string of the molecule is CCNC(=S)N/N=C\c1cc(I)c(OCC(=O)Nc2ccc(F)cc2)c(OC)c1. The lowest BCUT2D eigenvalue weighted by molar-refractivity contribution is -0.118. The molecule has 0 spiro atoms. The number of ether oxygens (including phenoxy) is 2. The number of carbonyl (C=O) groups is 1. The lowest BCUT2D eigenvalue weighted by atomic mass is 10.2. The van der Waals surface area contributed by atoms with Crippen LogP contribution in [0.3, 0.4) is 0 Å². The smallest absolute Gasteiger partial charge is 0.262 e. The van der Waals surface area contributed by atoms with Crippen molar-refractivity contribution in [1.29, 1.82) is 0 Å². The lowest BCUT2D eigenvalue weighted by Gasteiger charge is -2.13. The van der Waals surface area contributed by atoms with Crippen LogP contribution in [-0.2, 0) is 4.79 Å². The highest BCUT2D eigenvalue weighted by molar-refractivity contribution is 14.1. The summed E-state index contributed by atoms with van der Waals surface area (Å²) in [7, 11) is 1.51. The fourth-order valence-electron chi connectivity index (χ4n) is 2.19. The number of hydrogen-bond donors (Lipinski definition) is 3. The molecule has 0 aromatic heterocycles. The van der Waals surface area contributed by atoms with E-state index < -0.39 is 0 Å². The molecular formula is C19H20FIN4O3S. The molecule has 154 valence electrons. The van der Waals surface area contributed by atoms with Gasteiger partial charge in [-0.3, -0.25) is 10.2 Å². The van der Waals surface area contributed by atoms with Gasteiger partial charge < -0.3 is 20.1 Å². The van der Waals surface area contributed by atoms with Crippen LogP contribution in [0.25, 0.3) is 0 Å². The number of nitrogens with zero attached hydrogens (tertiary/aromatic N) is 1. The maximum absolute atomic E-state index is 12.9. The third-order valence-electron chi connectivity index (χ3n) is 3.44. The number of halogens is 2. The van der Waals surface area contributed by atoms with Crippen LogP contribution >= 0.6 is 34.8 Å². The van der Waals surface area contributed by atoms with Gasteiger partial charge in [0.1, 0.15) is 5.82 Å². The van der Waals surface area contributed by atoms with E-state index in [0.717, 1.165) is 9.13 Å². The second-order valence-corrected chi connectivity index (χ2v) is 7.18. The monoisotopic (exact) mass is 530 g/mol. The Balaban J connectivity index is 2.01. The molecule has 0 heterocycles. The summed E-state index contributed by atoms with van der Waals surface area (Å²) < 4.78 is 24.7. The molecule has 2 aromatic carbocycles. The zero-order chi connectivity index (χ0) is 21.2. The van der Waals surface area contributed by atoms with E-state index in [1.54, 1.807) is 12.3 Å². The number of amides is 1.